The first-order valence-corrected chi connectivity index (χ1v) is 10.0. The van der Waals surface area contributed by atoms with Crippen LogP contribution in [-0.2, 0) is 0 Å². The molecule has 0 aromatic carbocycles. The minimum absolute atomic E-state index is 0.452. The van der Waals surface area contributed by atoms with Crippen molar-refractivity contribution in [3.05, 3.63) is 66.1 Å². The number of fused-ring (bicyclic) bond motifs is 1. The van der Waals surface area contributed by atoms with Gasteiger partial charge in [-0.25, -0.2) is 9.97 Å². The lowest BCUT2D eigenvalue weighted by molar-refractivity contribution is 0.285. The maximum Gasteiger partial charge on any atom is 0.224 e. The molecule has 4 heterocycles. The quantitative estimate of drug-likeness (QED) is 0.486. The van der Waals surface area contributed by atoms with Crippen LogP contribution in [0.4, 0.5) is 0 Å². The highest BCUT2D eigenvalue weighted by Crippen LogP contribution is 2.47. The molecule has 4 aromatic rings. The SMILES string of the molecule is COc1cc(-c2cnc(C)nc2OCC2C[C@H]2c2ccc(C)cn2)cc2nccn12. The molecule has 1 aliphatic carbocycles. The molecule has 0 aliphatic heterocycles. The molecular weight excluding hydrogens is 378 g/mol. The molecule has 152 valence electrons. The third-order valence-corrected chi connectivity index (χ3v) is 5.54. The molecule has 1 saturated carbocycles. The van der Waals surface area contributed by atoms with Gasteiger partial charge in [0.25, 0.3) is 0 Å². The van der Waals surface area contributed by atoms with E-state index in [-0.39, 0.29) is 0 Å². The number of imidazole rings is 1. The Balaban J connectivity index is 1.39. The average Bonchev–Trinajstić information content (AvgIpc) is 3.37. The van der Waals surface area contributed by atoms with Gasteiger partial charge in [0.2, 0.25) is 5.88 Å². The van der Waals surface area contributed by atoms with Crippen molar-refractivity contribution in [3.63, 3.8) is 0 Å². The number of nitrogens with zero attached hydrogens (tertiary/aromatic N) is 5. The summed E-state index contributed by atoms with van der Waals surface area (Å²) in [6.45, 7) is 4.52. The molecule has 1 unspecified atom stereocenters. The summed E-state index contributed by atoms with van der Waals surface area (Å²) < 4.78 is 13.6. The number of rotatable bonds is 6. The minimum Gasteiger partial charge on any atom is -0.482 e. The molecule has 0 saturated heterocycles. The molecule has 7 nitrogen and oxygen atoms in total. The number of aryl methyl sites for hydroxylation is 2. The van der Waals surface area contributed by atoms with Gasteiger partial charge in [-0.05, 0) is 43.5 Å². The van der Waals surface area contributed by atoms with Crippen LogP contribution in [0.5, 0.6) is 11.8 Å². The van der Waals surface area contributed by atoms with Crippen molar-refractivity contribution in [1.29, 1.82) is 0 Å². The van der Waals surface area contributed by atoms with Crippen molar-refractivity contribution < 1.29 is 9.47 Å². The Morgan fingerprint density at radius 2 is 2.00 bits per heavy atom. The largest absolute Gasteiger partial charge is 0.482 e. The fourth-order valence-electron chi connectivity index (χ4n) is 3.74. The van der Waals surface area contributed by atoms with Gasteiger partial charge >= 0.3 is 0 Å². The highest BCUT2D eigenvalue weighted by Gasteiger charge is 2.40. The van der Waals surface area contributed by atoms with Crippen LogP contribution in [0.15, 0.2) is 49.1 Å². The van der Waals surface area contributed by atoms with Gasteiger partial charge in [0.05, 0.1) is 19.3 Å². The van der Waals surface area contributed by atoms with E-state index in [4.69, 9.17) is 9.47 Å². The number of hydrogen-bond donors (Lipinski definition) is 0. The fourth-order valence-corrected chi connectivity index (χ4v) is 3.74. The van der Waals surface area contributed by atoms with Gasteiger partial charge in [0.15, 0.2) is 5.88 Å². The monoisotopic (exact) mass is 401 g/mol. The lowest BCUT2D eigenvalue weighted by atomic mass is 10.1. The molecule has 2 atom stereocenters. The highest BCUT2D eigenvalue weighted by molar-refractivity contribution is 5.72. The number of methoxy groups -OCH3 is 1. The Labute approximate surface area is 174 Å². The van der Waals surface area contributed by atoms with Crippen LogP contribution >= 0.6 is 0 Å². The third-order valence-electron chi connectivity index (χ3n) is 5.54. The van der Waals surface area contributed by atoms with E-state index in [1.165, 1.54) is 5.56 Å². The van der Waals surface area contributed by atoms with Crippen LogP contribution in [0.1, 0.15) is 29.4 Å². The highest BCUT2D eigenvalue weighted by atomic mass is 16.5. The summed E-state index contributed by atoms with van der Waals surface area (Å²) in [7, 11) is 1.65. The van der Waals surface area contributed by atoms with Gasteiger partial charge in [0, 0.05) is 48.4 Å². The Morgan fingerprint density at radius 1 is 1.10 bits per heavy atom. The summed E-state index contributed by atoms with van der Waals surface area (Å²) in [5.74, 6) is 2.86. The Morgan fingerprint density at radius 3 is 2.80 bits per heavy atom. The van der Waals surface area contributed by atoms with E-state index in [9.17, 15) is 0 Å². The van der Waals surface area contributed by atoms with Crippen LogP contribution in [0.3, 0.4) is 0 Å². The first-order chi connectivity index (χ1) is 14.6. The first kappa shape index (κ1) is 18.5. The maximum absolute atomic E-state index is 6.19. The predicted molar refractivity (Wildman–Crippen MR) is 113 cm³/mol. The van der Waals surface area contributed by atoms with Gasteiger partial charge in [-0.15, -0.1) is 0 Å². The van der Waals surface area contributed by atoms with Crippen LogP contribution in [0.25, 0.3) is 16.8 Å². The van der Waals surface area contributed by atoms with Crippen LogP contribution in [0.2, 0.25) is 0 Å². The van der Waals surface area contributed by atoms with Crippen molar-refractivity contribution in [1.82, 2.24) is 24.3 Å². The van der Waals surface area contributed by atoms with Crippen LogP contribution in [-0.4, -0.2) is 38.1 Å². The lowest BCUT2D eigenvalue weighted by Crippen LogP contribution is -2.06. The Kier molecular flexibility index (Phi) is 4.58. The zero-order valence-electron chi connectivity index (χ0n) is 17.2. The van der Waals surface area contributed by atoms with E-state index in [2.05, 4.69) is 39.0 Å². The molecule has 0 spiro atoms. The van der Waals surface area contributed by atoms with Crippen molar-refractivity contribution in [2.75, 3.05) is 13.7 Å². The molecule has 1 aliphatic rings. The topological polar surface area (TPSA) is 74.4 Å². The summed E-state index contributed by atoms with van der Waals surface area (Å²) >= 11 is 0. The number of hydrogen-bond acceptors (Lipinski definition) is 6. The molecule has 0 radical (unpaired) electrons. The molecule has 4 aromatic heterocycles. The van der Waals surface area contributed by atoms with Crippen molar-refractivity contribution >= 4 is 5.65 Å². The van der Waals surface area contributed by atoms with E-state index in [1.54, 1.807) is 19.5 Å². The summed E-state index contributed by atoms with van der Waals surface area (Å²) in [5, 5.41) is 0. The molecule has 5 rings (SSSR count). The zero-order chi connectivity index (χ0) is 20.7. The fraction of sp³-hybridized carbons (Fsp3) is 0.304. The van der Waals surface area contributed by atoms with E-state index in [0.717, 1.165) is 28.9 Å². The maximum atomic E-state index is 6.19. The average molecular weight is 401 g/mol. The molecule has 0 N–H and O–H groups in total. The van der Waals surface area contributed by atoms with Gasteiger partial charge in [-0.3, -0.25) is 9.38 Å². The van der Waals surface area contributed by atoms with Crippen molar-refractivity contribution in [2.24, 2.45) is 5.92 Å². The summed E-state index contributed by atoms with van der Waals surface area (Å²) in [6.07, 6.45) is 8.43. The molecular formula is C23H23N5O2. The van der Waals surface area contributed by atoms with Gasteiger partial charge in [0.1, 0.15) is 11.5 Å². The lowest BCUT2D eigenvalue weighted by Gasteiger charge is -2.13. The summed E-state index contributed by atoms with van der Waals surface area (Å²) in [4.78, 5) is 17.9. The van der Waals surface area contributed by atoms with Gasteiger partial charge in [-0.2, -0.15) is 4.98 Å². The molecule has 30 heavy (non-hydrogen) atoms. The molecule has 1 fully saturated rings. The zero-order valence-corrected chi connectivity index (χ0v) is 17.2. The minimum atomic E-state index is 0.452. The summed E-state index contributed by atoms with van der Waals surface area (Å²) in [5.41, 5.74) is 4.85. The van der Waals surface area contributed by atoms with E-state index in [1.807, 2.05) is 35.9 Å². The van der Waals surface area contributed by atoms with Gasteiger partial charge < -0.3 is 9.47 Å². The second-order valence-corrected chi connectivity index (χ2v) is 7.75. The number of aromatic nitrogens is 5. The predicted octanol–water partition coefficient (Wildman–Crippen LogP) is 3.99. The second kappa shape index (κ2) is 7.40. The molecule has 0 amide bonds. The number of ether oxygens (including phenoxy) is 2. The normalized spacial score (nSPS) is 17.8. The smallest absolute Gasteiger partial charge is 0.224 e. The Hall–Kier alpha value is -3.48. The molecule has 0 bridgehead atoms. The number of pyridine rings is 2. The third kappa shape index (κ3) is 3.47. The second-order valence-electron chi connectivity index (χ2n) is 7.75. The standard InChI is InChI=1S/C23H23N5O2/c1-14-4-5-20(26-11-14)18-8-17(18)13-30-23-19(12-25-15(2)27-23)16-9-21-24-6-7-28(21)22(10-16)29-3/h4-7,9-12,17-18H,8,13H2,1-3H3/t17?,18-/m1/s1. The van der Waals surface area contributed by atoms with E-state index < -0.39 is 0 Å². The van der Waals surface area contributed by atoms with Crippen molar-refractivity contribution in [2.45, 2.75) is 26.2 Å². The van der Waals surface area contributed by atoms with E-state index >= 15 is 0 Å². The van der Waals surface area contributed by atoms with E-state index in [0.29, 0.717) is 36.0 Å². The van der Waals surface area contributed by atoms with Crippen LogP contribution < -0.4 is 9.47 Å². The van der Waals surface area contributed by atoms with Crippen molar-refractivity contribution in [3.8, 4) is 22.9 Å². The Bertz CT molecular complexity index is 1200. The first-order valence-electron chi connectivity index (χ1n) is 10.0. The van der Waals surface area contributed by atoms with Crippen LogP contribution in [0, 0.1) is 19.8 Å². The molecule has 7 heteroatoms. The van der Waals surface area contributed by atoms with Gasteiger partial charge in [-0.1, -0.05) is 6.07 Å². The summed E-state index contributed by atoms with van der Waals surface area (Å²) in [6, 6.07) is 8.17.